The maximum absolute atomic E-state index is 12.7. The zero-order valence-corrected chi connectivity index (χ0v) is 36.8. The molecule has 0 aliphatic carbocycles. The standard InChI is InChI=1S/C51H84O6/c1-4-7-10-13-16-19-22-24-26-28-29-32-35-38-41-44-50(53)56-47-48(46-55-49(52)43-40-37-34-31-21-18-15-12-9-6-3)57-51(54)45-42-39-36-33-30-27-25-23-20-17-14-11-8-5-2/h7-8,10-11,13,15-20,22,24,26,48H,4-6,9,12,14,21,23,25,27-47H2,1-3H3/b10-7-,11-8-,16-13-,18-15-,20-17-,22-19-,26-24-. The number of ether oxygens (including phenoxy) is 3. The first-order chi connectivity index (χ1) is 28.0. The molecule has 0 aromatic heterocycles. The van der Waals surface area contributed by atoms with Crippen LogP contribution in [0.5, 0.6) is 0 Å². The maximum atomic E-state index is 12.7. The average molecular weight is 793 g/mol. The number of unbranched alkanes of at least 4 members (excludes halogenated alkanes) is 18. The molecule has 6 heteroatoms. The Morgan fingerprint density at radius 1 is 0.386 bits per heavy atom. The van der Waals surface area contributed by atoms with Gasteiger partial charge >= 0.3 is 17.9 Å². The van der Waals surface area contributed by atoms with E-state index < -0.39 is 6.10 Å². The van der Waals surface area contributed by atoms with Crippen LogP contribution in [0.15, 0.2) is 85.1 Å². The lowest BCUT2D eigenvalue weighted by molar-refractivity contribution is -0.167. The smallest absolute Gasteiger partial charge is 0.306 e. The lowest BCUT2D eigenvalue weighted by Gasteiger charge is -2.18. The maximum Gasteiger partial charge on any atom is 0.306 e. The van der Waals surface area contributed by atoms with Crippen molar-refractivity contribution in [2.24, 2.45) is 0 Å². The summed E-state index contributed by atoms with van der Waals surface area (Å²) >= 11 is 0. The van der Waals surface area contributed by atoms with E-state index in [0.29, 0.717) is 19.3 Å². The quantitative estimate of drug-likeness (QED) is 0.0202. The highest BCUT2D eigenvalue weighted by molar-refractivity contribution is 5.71. The number of carbonyl (C=O) groups is 3. The third-order valence-electron chi connectivity index (χ3n) is 9.46. The van der Waals surface area contributed by atoms with Gasteiger partial charge in [-0.3, -0.25) is 14.4 Å². The molecule has 0 heterocycles. The zero-order chi connectivity index (χ0) is 41.5. The number of hydrogen-bond acceptors (Lipinski definition) is 6. The molecule has 0 N–H and O–H groups in total. The molecule has 57 heavy (non-hydrogen) atoms. The van der Waals surface area contributed by atoms with Crippen LogP contribution in [0.4, 0.5) is 0 Å². The van der Waals surface area contributed by atoms with E-state index >= 15 is 0 Å². The van der Waals surface area contributed by atoms with Crippen molar-refractivity contribution in [2.45, 2.75) is 207 Å². The largest absolute Gasteiger partial charge is 0.462 e. The van der Waals surface area contributed by atoms with Gasteiger partial charge in [-0.2, -0.15) is 0 Å². The summed E-state index contributed by atoms with van der Waals surface area (Å²) in [6.07, 6.45) is 57.0. The molecule has 0 saturated carbocycles. The molecule has 0 rings (SSSR count). The van der Waals surface area contributed by atoms with E-state index in [0.717, 1.165) is 122 Å². The summed E-state index contributed by atoms with van der Waals surface area (Å²) in [6.45, 7) is 6.29. The first-order valence-electron chi connectivity index (χ1n) is 23.1. The molecule has 0 fully saturated rings. The number of esters is 3. The molecule has 0 spiro atoms. The number of allylic oxidation sites excluding steroid dienone is 14. The molecule has 6 nitrogen and oxygen atoms in total. The second-order valence-electron chi connectivity index (χ2n) is 15.0. The second-order valence-corrected chi connectivity index (χ2v) is 15.0. The van der Waals surface area contributed by atoms with Crippen molar-refractivity contribution in [1.82, 2.24) is 0 Å². The highest BCUT2D eigenvalue weighted by Gasteiger charge is 2.19. The van der Waals surface area contributed by atoms with E-state index in [4.69, 9.17) is 14.2 Å². The van der Waals surface area contributed by atoms with Crippen LogP contribution in [0.3, 0.4) is 0 Å². The molecule has 0 aromatic carbocycles. The summed E-state index contributed by atoms with van der Waals surface area (Å²) in [4.78, 5) is 37.8. The van der Waals surface area contributed by atoms with E-state index in [1.165, 1.54) is 38.5 Å². The lowest BCUT2D eigenvalue weighted by Crippen LogP contribution is -2.30. The molecule has 0 aliphatic heterocycles. The molecule has 0 bridgehead atoms. The molecule has 1 unspecified atom stereocenters. The predicted molar refractivity (Wildman–Crippen MR) is 242 cm³/mol. The summed E-state index contributed by atoms with van der Waals surface area (Å²) in [6, 6.07) is 0. The van der Waals surface area contributed by atoms with Crippen molar-refractivity contribution in [3.63, 3.8) is 0 Å². The third kappa shape index (κ3) is 43.6. The SMILES string of the molecule is CC\C=C/C=C\C=C/C=C\CCCCCCCC(=O)OCC(COC(=O)CCCCCC/C=C\CCCC)OC(=O)CCCCCCCCC/C=C\C/C=C\CC. The highest BCUT2D eigenvalue weighted by Crippen LogP contribution is 2.13. The molecule has 0 radical (unpaired) electrons. The van der Waals surface area contributed by atoms with E-state index in [1.54, 1.807) is 0 Å². The molecular weight excluding hydrogens is 709 g/mol. The van der Waals surface area contributed by atoms with Crippen molar-refractivity contribution < 1.29 is 28.6 Å². The topological polar surface area (TPSA) is 78.9 Å². The lowest BCUT2D eigenvalue weighted by atomic mass is 10.1. The number of rotatable bonds is 40. The summed E-state index contributed by atoms with van der Waals surface area (Å²) in [5, 5.41) is 0. The molecule has 0 amide bonds. The minimum atomic E-state index is -0.793. The molecular formula is C51H84O6. The van der Waals surface area contributed by atoms with Gasteiger partial charge in [-0.1, -0.05) is 183 Å². The van der Waals surface area contributed by atoms with Gasteiger partial charge in [-0.15, -0.1) is 0 Å². The minimum absolute atomic E-state index is 0.0950. The van der Waals surface area contributed by atoms with Gasteiger partial charge in [0.2, 0.25) is 0 Å². The zero-order valence-electron chi connectivity index (χ0n) is 36.8. The van der Waals surface area contributed by atoms with Gasteiger partial charge in [0.15, 0.2) is 6.10 Å². The van der Waals surface area contributed by atoms with E-state index in [1.807, 2.05) is 24.3 Å². The fourth-order valence-corrected chi connectivity index (χ4v) is 6.00. The van der Waals surface area contributed by atoms with Crippen LogP contribution in [-0.4, -0.2) is 37.2 Å². The molecule has 0 saturated heterocycles. The Bertz CT molecular complexity index is 1140. The van der Waals surface area contributed by atoms with Gasteiger partial charge in [0.25, 0.3) is 0 Å². The first-order valence-corrected chi connectivity index (χ1v) is 23.1. The van der Waals surface area contributed by atoms with Crippen LogP contribution in [0, 0.1) is 0 Å². The van der Waals surface area contributed by atoms with Gasteiger partial charge in [-0.25, -0.2) is 0 Å². The van der Waals surface area contributed by atoms with Crippen molar-refractivity contribution in [2.75, 3.05) is 13.2 Å². The summed E-state index contributed by atoms with van der Waals surface area (Å²) in [5.74, 6) is -0.947. The fourth-order valence-electron chi connectivity index (χ4n) is 6.00. The van der Waals surface area contributed by atoms with Crippen molar-refractivity contribution in [3.05, 3.63) is 85.1 Å². The van der Waals surface area contributed by atoms with Crippen molar-refractivity contribution in [1.29, 1.82) is 0 Å². The van der Waals surface area contributed by atoms with E-state index in [-0.39, 0.29) is 31.1 Å². The summed E-state index contributed by atoms with van der Waals surface area (Å²) < 4.78 is 16.7. The Labute approximate surface area is 350 Å². The van der Waals surface area contributed by atoms with Gasteiger partial charge in [0, 0.05) is 19.3 Å². The number of hydrogen-bond donors (Lipinski definition) is 0. The van der Waals surface area contributed by atoms with Crippen molar-refractivity contribution >= 4 is 17.9 Å². The fraction of sp³-hybridized carbons (Fsp3) is 0.667. The normalized spacial score (nSPS) is 12.8. The highest BCUT2D eigenvalue weighted by atomic mass is 16.6. The van der Waals surface area contributed by atoms with E-state index in [2.05, 4.69) is 81.5 Å². The first kappa shape index (κ1) is 53.6. The Hall–Kier alpha value is -3.41. The molecule has 1 atom stereocenters. The minimum Gasteiger partial charge on any atom is -0.462 e. The summed E-state index contributed by atoms with van der Waals surface area (Å²) in [7, 11) is 0. The molecule has 0 aliphatic rings. The summed E-state index contributed by atoms with van der Waals surface area (Å²) in [5.41, 5.74) is 0. The Morgan fingerprint density at radius 3 is 1.28 bits per heavy atom. The van der Waals surface area contributed by atoms with Crippen LogP contribution in [0.25, 0.3) is 0 Å². The van der Waals surface area contributed by atoms with Crippen LogP contribution in [-0.2, 0) is 28.6 Å². The van der Waals surface area contributed by atoms with Crippen LogP contribution >= 0.6 is 0 Å². The van der Waals surface area contributed by atoms with E-state index in [9.17, 15) is 14.4 Å². The van der Waals surface area contributed by atoms with Gasteiger partial charge in [0.05, 0.1) is 0 Å². The van der Waals surface area contributed by atoms with Crippen LogP contribution < -0.4 is 0 Å². The predicted octanol–water partition coefficient (Wildman–Crippen LogP) is 14.9. The van der Waals surface area contributed by atoms with Gasteiger partial charge in [0.1, 0.15) is 13.2 Å². The van der Waals surface area contributed by atoms with Gasteiger partial charge in [-0.05, 0) is 83.5 Å². The molecule has 324 valence electrons. The van der Waals surface area contributed by atoms with Crippen LogP contribution in [0.2, 0.25) is 0 Å². The monoisotopic (exact) mass is 793 g/mol. The Balaban J connectivity index is 4.45. The average Bonchev–Trinajstić information content (AvgIpc) is 3.21. The molecule has 0 aromatic rings. The second kappa shape index (κ2) is 45.3. The third-order valence-corrected chi connectivity index (χ3v) is 9.46. The van der Waals surface area contributed by atoms with Crippen molar-refractivity contribution in [3.8, 4) is 0 Å². The number of carbonyl (C=O) groups excluding carboxylic acids is 3. The van der Waals surface area contributed by atoms with Gasteiger partial charge < -0.3 is 14.2 Å². The Kier molecular flexibility index (Phi) is 42.6. The van der Waals surface area contributed by atoms with Crippen LogP contribution in [0.1, 0.15) is 201 Å². The Morgan fingerprint density at radius 2 is 0.772 bits per heavy atom.